The van der Waals surface area contributed by atoms with E-state index < -0.39 is 0 Å². The van der Waals surface area contributed by atoms with Gasteiger partial charge in [0.2, 0.25) is 5.91 Å². The minimum absolute atomic E-state index is 0.0326. The van der Waals surface area contributed by atoms with Gasteiger partial charge < -0.3 is 14.6 Å². The Kier molecular flexibility index (Phi) is 5.69. The molecule has 0 atom stereocenters. The Morgan fingerprint density at radius 1 is 1.59 bits per heavy atom. The van der Waals surface area contributed by atoms with Gasteiger partial charge in [-0.15, -0.1) is 0 Å². The highest BCUT2D eigenvalue weighted by Gasteiger charge is 2.13. The first-order valence-corrected chi connectivity index (χ1v) is 5.97. The largest absolute Gasteiger partial charge is 0.382 e. The molecule has 0 aliphatic rings. The Labute approximate surface area is 102 Å². The molecular weight excluding hydrogens is 220 g/mol. The summed E-state index contributed by atoms with van der Waals surface area (Å²) in [6, 6.07) is 0. The van der Waals surface area contributed by atoms with E-state index in [1.807, 2.05) is 20.8 Å². The van der Waals surface area contributed by atoms with Crippen LogP contribution in [0.2, 0.25) is 0 Å². The number of aromatic nitrogens is 1. The fourth-order valence-corrected chi connectivity index (χ4v) is 1.45. The van der Waals surface area contributed by atoms with E-state index in [0.717, 1.165) is 6.42 Å². The summed E-state index contributed by atoms with van der Waals surface area (Å²) in [6.45, 7) is 7.22. The van der Waals surface area contributed by atoms with Crippen LogP contribution in [0, 0.1) is 0 Å². The van der Waals surface area contributed by atoms with Crippen molar-refractivity contribution in [1.29, 1.82) is 0 Å². The molecular formula is C12H20N2O3. The lowest BCUT2D eigenvalue weighted by Gasteiger charge is -2.06. The lowest BCUT2D eigenvalue weighted by Crippen LogP contribution is -2.13. The van der Waals surface area contributed by atoms with Gasteiger partial charge in [-0.2, -0.15) is 0 Å². The molecule has 1 aromatic heterocycles. The maximum atomic E-state index is 11.6. The van der Waals surface area contributed by atoms with Crippen molar-refractivity contribution in [1.82, 2.24) is 5.16 Å². The molecule has 96 valence electrons. The number of nitrogens with zero attached hydrogens (tertiary/aromatic N) is 1. The molecule has 1 N–H and O–H groups in total. The first-order chi connectivity index (χ1) is 8.15. The SMILES string of the molecule is CCOCCCC(=O)Nc1cnoc1C(C)C. The number of hydrogen-bond donors (Lipinski definition) is 1. The molecule has 1 aromatic rings. The van der Waals surface area contributed by atoms with Gasteiger partial charge in [-0.05, 0) is 13.3 Å². The Balaban J connectivity index is 2.37. The topological polar surface area (TPSA) is 64.4 Å². The van der Waals surface area contributed by atoms with Crippen molar-refractivity contribution in [3.05, 3.63) is 12.0 Å². The minimum Gasteiger partial charge on any atom is -0.382 e. The third-order valence-corrected chi connectivity index (χ3v) is 2.29. The third kappa shape index (κ3) is 4.56. The zero-order valence-electron chi connectivity index (χ0n) is 10.7. The molecule has 5 nitrogen and oxygen atoms in total. The molecule has 0 unspecified atom stereocenters. The van der Waals surface area contributed by atoms with Gasteiger partial charge in [-0.3, -0.25) is 4.79 Å². The summed E-state index contributed by atoms with van der Waals surface area (Å²) in [4.78, 5) is 11.6. The molecule has 17 heavy (non-hydrogen) atoms. The Bertz CT molecular complexity index is 347. The van der Waals surface area contributed by atoms with Crippen molar-refractivity contribution in [3.63, 3.8) is 0 Å². The van der Waals surface area contributed by atoms with Crippen LogP contribution >= 0.6 is 0 Å². The Morgan fingerprint density at radius 3 is 3.00 bits per heavy atom. The number of rotatable bonds is 7. The zero-order valence-corrected chi connectivity index (χ0v) is 10.7. The fourth-order valence-electron chi connectivity index (χ4n) is 1.45. The van der Waals surface area contributed by atoms with Crippen molar-refractivity contribution >= 4 is 11.6 Å². The lowest BCUT2D eigenvalue weighted by molar-refractivity contribution is -0.116. The number of amides is 1. The van der Waals surface area contributed by atoms with Gasteiger partial charge in [0.25, 0.3) is 0 Å². The number of carbonyl (C=O) groups excluding carboxylic acids is 1. The molecule has 1 rings (SSSR count). The molecule has 0 radical (unpaired) electrons. The molecule has 1 heterocycles. The van der Waals surface area contributed by atoms with Gasteiger partial charge in [-0.1, -0.05) is 19.0 Å². The predicted octanol–water partition coefficient (Wildman–Crippen LogP) is 2.55. The fraction of sp³-hybridized carbons (Fsp3) is 0.667. The van der Waals surface area contributed by atoms with Crippen molar-refractivity contribution in [2.24, 2.45) is 0 Å². The summed E-state index contributed by atoms with van der Waals surface area (Å²) in [5.74, 6) is 0.884. The van der Waals surface area contributed by atoms with Crippen LogP contribution in [0.1, 0.15) is 45.3 Å². The van der Waals surface area contributed by atoms with E-state index in [-0.39, 0.29) is 11.8 Å². The number of ether oxygens (including phenoxy) is 1. The second-order valence-electron chi connectivity index (χ2n) is 4.11. The monoisotopic (exact) mass is 240 g/mol. The van der Waals surface area contributed by atoms with Gasteiger partial charge in [0.1, 0.15) is 5.69 Å². The normalized spacial score (nSPS) is 10.8. The lowest BCUT2D eigenvalue weighted by atomic mass is 10.1. The summed E-state index contributed by atoms with van der Waals surface area (Å²) in [5.41, 5.74) is 0.668. The second kappa shape index (κ2) is 7.06. The minimum atomic E-state index is -0.0326. The average molecular weight is 240 g/mol. The van der Waals surface area contributed by atoms with E-state index in [9.17, 15) is 4.79 Å². The molecule has 0 saturated heterocycles. The number of carbonyl (C=O) groups is 1. The Morgan fingerprint density at radius 2 is 2.35 bits per heavy atom. The first-order valence-electron chi connectivity index (χ1n) is 5.97. The van der Waals surface area contributed by atoms with E-state index in [1.165, 1.54) is 6.20 Å². The predicted molar refractivity (Wildman–Crippen MR) is 64.9 cm³/mol. The molecule has 0 aliphatic carbocycles. The summed E-state index contributed by atoms with van der Waals surface area (Å²) >= 11 is 0. The van der Waals surface area contributed by atoms with Gasteiger partial charge in [-0.25, -0.2) is 0 Å². The van der Waals surface area contributed by atoms with Crippen LogP contribution in [0.5, 0.6) is 0 Å². The van der Waals surface area contributed by atoms with E-state index in [4.69, 9.17) is 9.26 Å². The van der Waals surface area contributed by atoms with E-state index in [1.54, 1.807) is 0 Å². The molecule has 0 spiro atoms. The number of hydrogen-bond acceptors (Lipinski definition) is 4. The van der Waals surface area contributed by atoms with E-state index >= 15 is 0 Å². The Hall–Kier alpha value is -1.36. The number of anilines is 1. The summed E-state index contributed by atoms with van der Waals surface area (Å²) in [7, 11) is 0. The smallest absolute Gasteiger partial charge is 0.224 e. The highest BCUT2D eigenvalue weighted by molar-refractivity contribution is 5.91. The molecule has 0 aliphatic heterocycles. The maximum Gasteiger partial charge on any atom is 0.224 e. The van der Waals surface area contributed by atoms with Crippen molar-refractivity contribution in [2.75, 3.05) is 18.5 Å². The highest BCUT2D eigenvalue weighted by atomic mass is 16.5. The van der Waals surface area contributed by atoms with Gasteiger partial charge in [0.05, 0.1) is 6.20 Å². The van der Waals surface area contributed by atoms with Gasteiger partial charge in [0, 0.05) is 25.6 Å². The van der Waals surface area contributed by atoms with E-state index in [2.05, 4.69) is 10.5 Å². The summed E-state index contributed by atoms with van der Waals surface area (Å²) < 4.78 is 10.3. The van der Waals surface area contributed by atoms with E-state index in [0.29, 0.717) is 31.1 Å². The molecule has 1 amide bonds. The molecule has 0 aromatic carbocycles. The quantitative estimate of drug-likeness (QED) is 0.744. The molecule has 5 heteroatoms. The standard InChI is InChI=1S/C12H20N2O3/c1-4-16-7-5-6-11(15)14-10-8-13-17-12(10)9(2)3/h8-9H,4-7H2,1-3H3,(H,14,15). The van der Waals surface area contributed by atoms with Crippen LogP contribution in [-0.2, 0) is 9.53 Å². The van der Waals surface area contributed by atoms with Crippen LogP contribution in [0.3, 0.4) is 0 Å². The molecule has 0 fully saturated rings. The van der Waals surface area contributed by atoms with Crippen molar-refractivity contribution in [3.8, 4) is 0 Å². The third-order valence-electron chi connectivity index (χ3n) is 2.29. The highest BCUT2D eigenvalue weighted by Crippen LogP contribution is 2.23. The van der Waals surface area contributed by atoms with Crippen LogP contribution in [0.15, 0.2) is 10.7 Å². The second-order valence-corrected chi connectivity index (χ2v) is 4.11. The number of nitrogens with one attached hydrogen (secondary N) is 1. The van der Waals surface area contributed by atoms with Crippen LogP contribution < -0.4 is 5.32 Å². The molecule has 0 bridgehead atoms. The van der Waals surface area contributed by atoms with Crippen LogP contribution in [0.25, 0.3) is 0 Å². The van der Waals surface area contributed by atoms with Crippen molar-refractivity contribution in [2.45, 2.75) is 39.5 Å². The molecule has 0 saturated carbocycles. The first kappa shape index (κ1) is 13.7. The summed E-state index contributed by atoms with van der Waals surface area (Å²) in [5, 5.41) is 6.49. The van der Waals surface area contributed by atoms with Gasteiger partial charge >= 0.3 is 0 Å². The van der Waals surface area contributed by atoms with Crippen molar-refractivity contribution < 1.29 is 14.1 Å². The maximum absolute atomic E-state index is 11.6. The summed E-state index contributed by atoms with van der Waals surface area (Å²) in [6.07, 6.45) is 2.71. The zero-order chi connectivity index (χ0) is 12.7. The van der Waals surface area contributed by atoms with Crippen LogP contribution in [0.4, 0.5) is 5.69 Å². The average Bonchev–Trinajstić information content (AvgIpc) is 2.72. The van der Waals surface area contributed by atoms with Gasteiger partial charge in [0.15, 0.2) is 5.76 Å². The van der Waals surface area contributed by atoms with Crippen LogP contribution in [-0.4, -0.2) is 24.3 Å².